The van der Waals surface area contributed by atoms with Crippen LogP contribution >= 0.6 is 31.9 Å². The molecular weight excluding hydrogens is 384 g/mol. The van der Waals surface area contributed by atoms with E-state index in [1.54, 1.807) is 0 Å². The Labute approximate surface area is 132 Å². The van der Waals surface area contributed by atoms with Crippen molar-refractivity contribution in [2.75, 3.05) is 5.32 Å². The summed E-state index contributed by atoms with van der Waals surface area (Å²) in [5.41, 5.74) is 2.24. The van der Waals surface area contributed by atoms with Crippen LogP contribution in [0.2, 0.25) is 0 Å². The number of H-pyrrole nitrogens is 1. The van der Waals surface area contributed by atoms with Crippen LogP contribution in [-0.4, -0.2) is 10.9 Å². The first-order valence-corrected chi connectivity index (χ1v) is 7.55. The molecule has 0 atom stereocenters. The second-order valence-electron chi connectivity index (χ2n) is 4.38. The second kappa shape index (κ2) is 5.42. The highest BCUT2D eigenvalue weighted by Crippen LogP contribution is 2.21. The summed E-state index contributed by atoms with van der Waals surface area (Å²) in [6, 6.07) is 15.2. The Kier molecular flexibility index (Phi) is 3.63. The van der Waals surface area contributed by atoms with Crippen molar-refractivity contribution in [2.24, 2.45) is 0 Å². The van der Waals surface area contributed by atoms with E-state index in [9.17, 15) is 4.79 Å². The van der Waals surface area contributed by atoms with Gasteiger partial charge in [-0.05, 0) is 42.5 Å². The number of aromatic nitrogens is 1. The minimum absolute atomic E-state index is 0.153. The average molecular weight is 394 g/mol. The summed E-state index contributed by atoms with van der Waals surface area (Å²) in [5, 5.41) is 3.87. The van der Waals surface area contributed by atoms with Gasteiger partial charge in [0.25, 0.3) is 5.91 Å². The van der Waals surface area contributed by atoms with Crippen LogP contribution in [0.1, 0.15) is 10.5 Å². The van der Waals surface area contributed by atoms with Gasteiger partial charge in [-0.1, -0.05) is 37.9 Å². The number of aromatic amines is 1. The first-order valence-electron chi connectivity index (χ1n) is 5.97. The topological polar surface area (TPSA) is 44.9 Å². The number of halogens is 2. The predicted molar refractivity (Wildman–Crippen MR) is 88.1 cm³/mol. The van der Waals surface area contributed by atoms with Crippen LogP contribution in [0.25, 0.3) is 10.9 Å². The lowest BCUT2D eigenvalue weighted by molar-refractivity contribution is 0.102. The van der Waals surface area contributed by atoms with E-state index in [1.165, 1.54) is 0 Å². The molecule has 0 radical (unpaired) electrons. The molecule has 2 aromatic carbocycles. The van der Waals surface area contributed by atoms with E-state index in [2.05, 4.69) is 42.2 Å². The second-order valence-corrected chi connectivity index (χ2v) is 6.21. The van der Waals surface area contributed by atoms with Crippen LogP contribution in [0.3, 0.4) is 0 Å². The van der Waals surface area contributed by atoms with Gasteiger partial charge >= 0.3 is 0 Å². The van der Waals surface area contributed by atoms with Crippen LogP contribution in [0, 0.1) is 0 Å². The fourth-order valence-electron chi connectivity index (χ4n) is 1.95. The van der Waals surface area contributed by atoms with Gasteiger partial charge < -0.3 is 10.3 Å². The molecule has 0 aliphatic heterocycles. The molecule has 0 fully saturated rings. The van der Waals surface area contributed by atoms with Crippen LogP contribution in [-0.2, 0) is 0 Å². The molecule has 1 amide bonds. The van der Waals surface area contributed by atoms with Crippen LogP contribution < -0.4 is 5.32 Å². The largest absolute Gasteiger partial charge is 0.350 e. The maximum atomic E-state index is 12.2. The normalized spacial score (nSPS) is 10.7. The fourth-order valence-corrected chi connectivity index (χ4v) is 2.58. The third-order valence-electron chi connectivity index (χ3n) is 2.93. The third kappa shape index (κ3) is 2.78. The fraction of sp³-hybridized carbons (Fsp3) is 0. The Morgan fingerprint density at radius 2 is 1.65 bits per heavy atom. The summed E-state index contributed by atoms with van der Waals surface area (Å²) in [6.45, 7) is 0. The first-order chi connectivity index (χ1) is 9.61. The van der Waals surface area contributed by atoms with E-state index >= 15 is 0 Å². The monoisotopic (exact) mass is 392 g/mol. The molecule has 1 aromatic heterocycles. The predicted octanol–water partition coefficient (Wildman–Crippen LogP) is 4.95. The molecule has 0 aliphatic rings. The summed E-state index contributed by atoms with van der Waals surface area (Å²) in [5.74, 6) is -0.153. The first kappa shape index (κ1) is 13.4. The summed E-state index contributed by atoms with van der Waals surface area (Å²) < 4.78 is 1.96. The highest BCUT2D eigenvalue weighted by Gasteiger charge is 2.09. The van der Waals surface area contributed by atoms with Crippen molar-refractivity contribution in [1.29, 1.82) is 0 Å². The molecule has 5 heteroatoms. The van der Waals surface area contributed by atoms with Crippen LogP contribution in [0.4, 0.5) is 5.69 Å². The Morgan fingerprint density at radius 1 is 0.950 bits per heavy atom. The summed E-state index contributed by atoms with van der Waals surface area (Å²) in [4.78, 5) is 15.3. The van der Waals surface area contributed by atoms with Crippen molar-refractivity contribution in [3.05, 3.63) is 63.2 Å². The molecule has 3 nitrogen and oxygen atoms in total. The average Bonchev–Trinajstić information content (AvgIpc) is 2.84. The molecule has 3 rings (SSSR count). The molecule has 0 saturated carbocycles. The number of benzene rings is 2. The molecule has 1 heterocycles. The molecule has 2 N–H and O–H groups in total. The maximum absolute atomic E-state index is 12.2. The van der Waals surface area contributed by atoms with Crippen molar-refractivity contribution < 1.29 is 4.79 Å². The van der Waals surface area contributed by atoms with Gasteiger partial charge in [0.2, 0.25) is 0 Å². The zero-order valence-electron chi connectivity index (χ0n) is 10.3. The highest BCUT2D eigenvalue weighted by atomic mass is 79.9. The summed E-state index contributed by atoms with van der Waals surface area (Å²) in [6.07, 6.45) is 0. The quantitative estimate of drug-likeness (QED) is 0.635. The Hall–Kier alpha value is -1.59. The Bertz CT molecular complexity index is 778. The Balaban J connectivity index is 1.86. The molecule has 0 spiro atoms. The number of amides is 1. The molecular formula is C15H10Br2N2O. The maximum Gasteiger partial charge on any atom is 0.272 e. The number of carbonyl (C=O) groups excluding carboxylic acids is 1. The lowest BCUT2D eigenvalue weighted by atomic mass is 10.2. The minimum Gasteiger partial charge on any atom is -0.350 e. The van der Waals surface area contributed by atoms with Gasteiger partial charge in [0.05, 0.1) is 0 Å². The number of rotatable bonds is 2. The van der Waals surface area contributed by atoms with Crippen molar-refractivity contribution in [1.82, 2.24) is 4.98 Å². The summed E-state index contributed by atoms with van der Waals surface area (Å²) >= 11 is 6.78. The number of anilines is 1. The number of hydrogen-bond acceptors (Lipinski definition) is 1. The van der Waals surface area contributed by atoms with Crippen LogP contribution in [0.5, 0.6) is 0 Å². The smallest absolute Gasteiger partial charge is 0.272 e. The summed E-state index contributed by atoms with van der Waals surface area (Å²) in [7, 11) is 0. The Morgan fingerprint density at radius 3 is 2.40 bits per heavy atom. The van der Waals surface area contributed by atoms with E-state index in [0.29, 0.717) is 5.69 Å². The van der Waals surface area contributed by atoms with E-state index in [0.717, 1.165) is 25.5 Å². The van der Waals surface area contributed by atoms with Crippen LogP contribution in [0.15, 0.2) is 57.5 Å². The van der Waals surface area contributed by atoms with E-state index in [-0.39, 0.29) is 5.91 Å². The van der Waals surface area contributed by atoms with Crippen molar-refractivity contribution in [3.8, 4) is 0 Å². The zero-order chi connectivity index (χ0) is 14.1. The SMILES string of the molecule is O=C(Nc1ccc(Br)cc1)c1cc2ccc(Br)cc2[nH]1. The van der Waals surface area contributed by atoms with Crippen molar-refractivity contribution in [3.63, 3.8) is 0 Å². The van der Waals surface area contributed by atoms with E-state index in [4.69, 9.17) is 0 Å². The third-order valence-corrected chi connectivity index (χ3v) is 3.95. The van der Waals surface area contributed by atoms with Gasteiger partial charge in [-0.25, -0.2) is 0 Å². The molecule has 0 bridgehead atoms. The zero-order valence-corrected chi connectivity index (χ0v) is 13.5. The van der Waals surface area contributed by atoms with Gasteiger partial charge in [-0.2, -0.15) is 0 Å². The lowest BCUT2D eigenvalue weighted by Crippen LogP contribution is -2.11. The van der Waals surface area contributed by atoms with Gasteiger partial charge in [0.15, 0.2) is 0 Å². The molecule has 3 aromatic rings. The van der Waals surface area contributed by atoms with E-state index in [1.807, 2.05) is 48.5 Å². The minimum atomic E-state index is -0.153. The molecule has 0 saturated heterocycles. The lowest BCUT2D eigenvalue weighted by Gasteiger charge is -2.03. The van der Waals surface area contributed by atoms with Gasteiger partial charge in [-0.15, -0.1) is 0 Å². The standard InChI is InChI=1S/C15H10Br2N2O/c16-10-3-5-12(6-4-10)18-15(20)14-7-9-1-2-11(17)8-13(9)19-14/h1-8,19H,(H,18,20). The van der Waals surface area contributed by atoms with Crippen molar-refractivity contribution >= 4 is 54.4 Å². The van der Waals surface area contributed by atoms with Gasteiger partial charge in [-0.3, -0.25) is 4.79 Å². The number of hydrogen-bond donors (Lipinski definition) is 2. The highest BCUT2D eigenvalue weighted by molar-refractivity contribution is 9.10. The number of fused-ring (bicyclic) bond motifs is 1. The number of carbonyl (C=O) groups is 1. The molecule has 100 valence electrons. The van der Waals surface area contributed by atoms with Gasteiger partial charge in [0, 0.05) is 25.5 Å². The van der Waals surface area contributed by atoms with Gasteiger partial charge in [0.1, 0.15) is 5.69 Å². The molecule has 0 unspecified atom stereocenters. The molecule has 0 aliphatic carbocycles. The van der Waals surface area contributed by atoms with Crippen molar-refractivity contribution in [2.45, 2.75) is 0 Å². The molecule has 20 heavy (non-hydrogen) atoms. The number of nitrogens with one attached hydrogen (secondary N) is 2. The van der Waals surface area contributed by atoms with E-state index < -0.39 is 0 Å².